The van der Waals surface area contributed by atoms with Crippen LogP contribution in [0.3, 0.4) is 0 Å². The van der Waals surface area contributed by atoms with Crippen LogP contribution >= 0.6 is 11.6 Å². The lowest BCUT2D eigenvalue weighted by atomic mass is 9.90. The van der Waals surface area contributed by atoms with Crippen molar-refractivity contribution in [2.45, 2.75) is 52.9 Å². The van der Waals surface area contributed by atoms with Gasteiger partial charge in [-0.2, -0.15) is 0 Å². The first-order valence-electron chi connectivity index (χ1n) is 7.61. The van der Waals surface area contributed by atoms with Crippen molar-refractivity contribution in [2.24, 2.45) is 0 Å². The number of carbonyl (C=O) groups excluding carboxylic acids is 1. The van der Waals surface area contributed by atoms with Gasteiger partial charge in [-0.3, -0.25) is 0 Å². The van der Waals surface area contributed by atoms with Crippen LogP contribution in [0.2, 0.25) is 5.02 Å². The van der Waals surface area contributed by atoms with Gasteiger partial charge < -0.3 is 14.3 Å². The molecule has 0 amide bonds. The predicted molar refractivity (Wildman–Crippen MR) is 86.7 cm³/mol. The molecule has 0 saturated heterocycles. The number of Topliss-reactive ketones (excluding diaryl/α,β-unsaturated/α-hetero) is 1. The first-order valence-corrected chi connectivity index (χ1v) is 7.99. The number of hydrogen-bond acceptors (Lipinski definition) is 3. The van der Waals surface area contributed by atoms with E-state index < -0.39 is 0 Å². The number of hydrogen-bond donors (Lipinski definition) is 0. The molecule has 0 bridgehead atoms. The molecule has 1 atom stereocenters. The molecule has 4 heteroatoms. The van der Waals surface area contributed by atoms with Crippen LogP contribution < -0.4 is 9.47 Å². The van der Waals surface area contributed by atoms with Gasteiger partial charge in [0.1, 0.15) is 17.3 Å². The fourth-order valence-electron chi connectivity index (χ4n) is 2.37. The predicted octanol–water partition coefficient (Wildman–Crippen LogP) is 5.00. The summed E-state index contributed by atoms with van der Waals surface area (Å²) in [6.07, 6.45) is 2.34. The largest absolute Gasteiger partial charge is 0.493 e. The zero-order chi connectivity index (χ0) is 15.8. The number of ketones is 1. The van der Waals surface area contributed by atoms with Gasteiger partial charge in [0.25, 0.3) is 0 Å². The molecule has 0 N–H and O–H groups in total. The molecule has 1 unspecified atom stereocenters. The summed E-state index contributed by atoms with van der Waals surface area (Å²) in [4.78, 5) is 11.2. The highest BCUT2D eigenvalue weighted by atomic mass is 35.5. The Morgan fingerprint density at radius 2 is 1.76 bits per heavy atom. The number of halogens is 1. The fraction of sp³-hybridized carbons (Fsp3) is 0.588. The minimum atomic E-state index is 0.212. The quantitative estimate of drug-likeness (QED) is 0.643. The lowest BCUT2D eigenvalue weighted by molar-refractivity contribution is -0.117. The van der Waals surface area contributed by atoms with Crippen LogP contribution in [-0.2, 0) is 4.79 Å². The van der Waals surface area contributed by atoms with Crippen molar-refractivity contribution in [3.05, 3.63) is 22.7 Å². The van der Waals surface area contributed by atoms with Gasteiger partial charge in [-0.15, -0.1) is 0 Å². The molecule has 0 spiro atoms. The summed E-state index contributed by atoms with van der Waals surface area (Å²) in [7, 11) is 0. The molecule has 0 aliphatic rings. The Bertz CT molecular complexity index is 471. The molecule has 118 valence electrons. The maximum atomic E-state index is 11.2. The van der Waals surface area contributed by atoms with Crippen molar-refractivity contribution in [3.8, 4) is 11.5 Å². The Balaban J connectivity index is 3.11. The van der Waals surface area contributed by atoms with Crippen molar-refractivity contribution >= 4 is 17.4 Å². The van der Waals surface area contributed by atoms with Gasteiger partial charge in [0.05, 0.1) is 18.2 Å². The first kappa shape index (κ1) is 17.8. The van der Waals surface area contributed by atoms with Crippen LogP contribution in [-0.4, -0.2) is 19.0 Å². The Labute approximate surface area is 132 Å². The minimum Gasteiger partial charge on any atom is -0.493 e. The van der Waals surface area contributed by atoms with Crippen molar-refractivity contribution in [3.63, 3.8) is 0 Å². The summed E-state index contributed by atoms with van der Waals surface area (Å²) in [5, 5.41) is 0.594. The summed E-state index contributed by atoms with van der Waals surface area (Å²) in [5.41, 5.74) is 1.06. The molecule has 21 heavy (non-hydrogen) atoms. The molecule has 1 rings (SSSR count). The van der Waals surface area contributed by atoms with E-state index in [2.05, 4.69) is 6.92 Å². The maximum absolute atomic E-state index is 11.2. The van der Waals surface area contributed by atoms with E-state index in [1.165, 1.54) is 0 Å². The molecule has 3 nitrogen and oxygen atoms in total. The highest BCUT2D eigenvalue weighted by molar-refractivity contribution is 6.32. The Morgan fingerprint density at radius 3 is 2.29 bits per heavy atom. The Morgan fingerprint density at radius 1 is 1.14 bits per heavy atom. The van der Waals surface area contributed by atoms with Gasteiger partial charge in [-0.25, -0.2) is 0 Å². The van der Waals surface area contributed by atoms with E-state index in [0.29, 0.717) is 30.4 Å². The van der Waals surface area contributed by atoms with E-state index in [0.717, 1.165) is 24.2 Å². The van der Waals surface area contributed by atoms with Crippen LogP contribution in [0.5, 0.6) is 11.5 Å². The molecule has 0 aliphatic heterocycles. The first-order chi connectivity index (χ1) is 10.0. The second-order valence-electron chi connectivity index (χ2n) is 5.03. The summed E-state index contributed by atoms with van der Waals surface area (Å²) in [6.45, 7) is 8.77. The van der Waals surface area contributed by atoms with Crippen LogP contribution in [0, 0.1) is 0 Å². The van der Waals surface area contributed by atoms with E-state index in [-0.39, 0.29) is 11.7 Å². The molecule has 1 aromatic carbocycles. The lowest BCUT2D eigenvalue weighted by Crippen LogP contribution is -2.06. The average molecular weight is 313 g/mol. The highest BCUT2D eigenvalue weighted by Gasteiger charge is 2.18. The standard InChI is InChI=1S/C17H25ClO3/c1-5-13(9-8-12(4)19)14-10-15(18)17(21-7-3)11-16(14)20-6-2/h10-11,13H,5-9H2,1-4H3. The van der Waals surface area contributed by atoms with Crippen molar-refractivity contribution in [1.29, 1.82) is 0 Å². The zero-order valence-electron chi connectivity index (χ0n) is 13.4. The normalized spacial score (nSPS) is 12.0. The molecule has 0 fully saturated rings. The molecule has 0 heterocycles. The topological polar surface area (TPSA) is 35.5 Å². The van der Waals surface area contributed by atoms with E-state index in [1.54, 1.807) is 6.92 Å². The monoisotopic (exact) mass is 312 g/mol. The zero-order valence-corrected chi connectivity index (χ0v) is 14.1. The van der Waals surface area contributed by atoms with E-state index in [4.69, 9.17) is 21.1 Å². The fourth-order valence-corrected chi connectivity index (χ4v) is 2.60. The molecule has 1 aromatic rings. The summed E-state index contributed by atoms with van der Waals surface area (Å²) in [5.74, 6) is 1.93. The van der Waals surface area contributed by atoms with E-state index in [9.17, 15) is 4.79 Å². The summed E-state index contributed by atoms with van der Waals surface area (Å²) >= 11 is 6.30. The van der Waals surface area contributed by atoms with Crippen molar-refractivity contribution in [1.82, 2.24) is 0 Å². The van der Waals surface area contributed by atoms with Crippen LogP contribution in [0.15, 0.2) is 12.1 Å². The van der Waals surface area contributed by atoms with Gasteiger partial charge in [0, 0.05) is 12.5 Å². The third-order valence-electron chi connectivity index (χ3n) is 3.44. The second kappa shape index (κ2) is 8.93. The highest BCUT2D eigenvalue weighted by Crippen LogP contribution is 2.39. The molecule has 0 radical (unpaired) electrons. The maximum Gasteiger partial charge on any atom is 0.141 e. The number of carbonyl (C=O) groups is 1. The second-order valence-corrected chi connectivity index (χ2v) is 5.44. The SMILES string of the molecule is CCOc1cc(OCC)c(C(CC)CCC(C)=O)cc1Cl. The van der Waals surface area contributed by atoms with Crippen LogP contribution in [0.25, 0.3) is 0 Å². The summed E-state index contributed by atoms with van der Waals surface area (Å²) < 4.78 is 11.3. The molecule has 0 aromatic heterocycles. The molecular weight excluding hydrogens is 288 g/mol. The third kappa shape index (κ3) is 5.24. The van der Waals surface area contributed by atoms with Crippen molar-refractivity contribution < 1.29 is 14.3 Å². The molecule has 0 aliphatic carbocycles. The minimum absolute atomic E-state index is 0.212. The molecular formula is C17H25ClO3. The summed E-state index contributed by atoms with van der Waals surface area (Å²) in [6, 6.07) is 3.78. The van der Waals surface area contributed by atoms with Gasteiger partial charge in [-0.05, 0) is 51.2 Å². The Hall–Kier alpha value is -1.22. The van der Waals surface area contributed by atoms with Crippen LogP contribution in [0.1, 0.15) is 58.4 Å². The Kier molecular flexibility index (Phi) is 7.58. The van der Waals surface area contributed by atoms with Gasteiger partial charge in [-0.1, -0.05) is 18.5 Å². The number of ether oxygens (including phenoxy) is 2. The van der Waals surface area contributed by atoms with Gasteiger partial charge in [0.15, 0.2) is 0 Å². The lowest BCUT2D eigenvalue weighted by Gasteiger charge is -2.20. The number of rotatable bonds is 9. The molecule has 0 saturated carbocycles. The average Bonchev–Trinajstić information content (AvgIpc) is 2.44. The van der Waals surface area contributed by atoms with Gasteiger partial charge >= 0.3 is 0 Å². The van der Waals surface area contributed by atoms with E-state index in [1.807, 2.05) is 26.0 Å². The third-order valence-corrected chi connectivity index (χ3v) is 3.74. The van der Waals surface area contributed by atoms with Crippen LogP contribution in [0.4, 0.5) is 0 Å². The van der Waals surface area contributed by atoms with E-state index >= 15 is 0 Å². The van der Waals surface area contributed by atoms with Gasteiger partial charge in [0.2, 0.25) is 0 Å². The van der Waals surface area contributed by atoms with Crippen molar-refractivity contribution in [2.75, 3.05) is 13.2 Å². The smallest absolute Gasteiger partial charge is 0.141 e. The number of benzene rings is 1.